The molecule has 0 N–H and O–H groups in total. The maximum absolute atomic E-state index is 11.9. The van der Waals surface area contributed by atoms with Crippen LogP contribution in [0.15, 0.2) is 0 Å². The number of rotatable bonds is 5. The molecule has 1 amide bonds. The molecule has 0 unspecified atom stereocenters. The maximum Gasteiger partial charge on any atom is 0.223 e. The summed E-state index contributed by atoms with van der Waals surface area (Å²) in [5.41, 5.74) is 0.657. The predicted octanol–water partition coefficient (Wildman–Crippen LogP) is 2.40. The van der Waals surface area contributed by atoms with E-state index in [0.717, 1.165) is 19.6 Å². The maximum atomic E-state index is 11.9. The van der Waals surface area contributed by atoms with Crippen molar-refractivity contribution in [3.8, 4) is 6.07 Å². The van der Waals surface area contributed by atoms with Crippen molar-refractivity contribution in [3.63, 3.8) is 0 Å². The zero-order chi connectivity index (χ0) is 14.4. The molecule has 112 valence electrons. The van der Waals surface area contributed by atoms with E-state index in [1.807, 2.05) is 0 Å². The van der Waals surface area contributed by atoms with Gasteiger partial charge in [-0.3, -0.25) is 4.79 Å². The predicted molar refractivity (Wildman–Crippen MR) is 79.1 cm³/mol. The number of nitrogens with zero attached hydrogens (tertiary/aromatic N) is 3. The molecule has 20 heavy (non-hydrogen) atoms. The van der Waals surface area contributed by atoms with Crippen molar-refractivity contribution in [2.75, 3.05) is 33.2 Å². The lowest BCUT2D eigenvalue weighted by atomic mass is 9.77. The standard InChI is InChI=1S/C16H27N3O/c1-18(11-4-10-17)15(20)5-12-19-13-8-16(9-14-19)6-2-3-7-16/h2-9,11-14H2,1H3. The number of likely N-dealkylation sites (tertiary alicyclic amines) is 1. The van der Waals surface area contributed by atoms with Crippen LogP contribution in [0.2, 0.25) is 0 Å². The fourth-order valence-corrected chi connectivity index (χ4v) is 3.66. The molecule has 4 nitrogen and oxygen atoms in total. The average molecular weight is 277 g/mol. The number of piperidine rings is 1. The summed E-state index contributed by atoms with van der Waals surface area (Å²) in [6.45, 7) is 3.76. The van der Waals surface area contributed by atoms with Gasteiger partial charge in [-0.05, 0) is 44.2 Å². The zero-order valence-electron chi connectivity index (χ0n) is 12.7. The van der Waals surface area contributed by atoms with E-state index in [1.54, 1.807) is 11.9 Å². The van der Waals surface area contributed by atoms with Gasteiger partial charge in [0.05, 0.1) is 12.5 Å². The van der Waals surface area contributed by atoms with Crippen LogP contribution in [0, 0.1) is 16.7 Å². The van der Waals surface area contributed by atoms with Crippen LogP contribution in [0.5, 0.6) is 0 Å². The molecule has 0 aromatic carbocycles. The first-order chi connectivity index (χ1) is 9.65. The Kier molecular flexibility index (Phi) is 5.42. The van der Waals surface area contributed by atoms with Gasteiger partial charge >= 0.3 is 0 Å². The molecule has 2 rings (SSSR count). The molecule has 1 spiro atoms. The van der Waals surface area contributed by atoms with Crippen LogP contribution in [0.4, 0.5) is 0 Å². The van der Waals surface area contributed by atoms with Crippen LogP contribution in [0.25, 0.3) is 0 Å². The highest BCUT2D eigenvalue weighted by atomic mass is 16.2. The van der Waals surface area contributed by atoms with Crippen LogP contribution >= 0.6 is 0 Å². The minimum atomic E-state index is 0.168. The first-order valence-electron chi connectivity index (χ1n) is 7.98. The number of nitriles is 1. The second kappa shape index (κ2) is 7.08. The van der Waals surface area contributed by atoms with Gasteiger partial charge < -0.3 is 9.80 Å². The normalized spacial score (nSPS) is 21.8. The van der Waals surface area contributed by atoms with Crippen molar-refractivity contribution in [1.82, 2.24) is 9.80 Å². The topological polar surface area (TPSA) is 47.3 Å². The van der Waals surface area contributed by atoms with Gasteiger partial charge in [-0.15, -0.1) is 0 Å². The summed E-state index contributed by atoms with van der Waals surface area (Å²) < 4.78 is 0. The summed E-state index contributed by atoms with van der Waals surface area (Å²) >= 11 is 0. The quantitative estimate of drug-likeness (QED) is 0.775. The molecule has 0 aromatic heterocycles. The van der Waals surface area contributed by atoms with Crippen molar-refractivity contribution >= 4 is 5.91 Å². The molecule has 1 aliphatic heterocycles. The molecular formula is C16H27N3O. The highest BCUT2D eigenvalue weighted by molar-refractivity contribution is 5.76. The fraction of sp³-hybridized carbons (Fsp3) is 0.875. The first-order valence-corrected chi connectivity index (χ1v) is 7.98. The van der Waals surface area contributed by atoms with E-state index < -0.39 is 0 Å². The summed E-state index contributed by atoms with van der Waals surface area (Å²) in [5, 5.41) is 8.54. The van der Waals surface area contributed by atoms with Crippen molar-refractivity contribution in [2.24, 2.45) is 5.41 Å². The lowest BCUT2D eigenvalue weighted by molar-refractivity contribution is -0.130. The van der Waals surface area contributed by atoms with E-state index >= 15 is 0 Å². The number of amides is 1. The molecule has 0 atom stereocenters. The minimum Gasteiger partial charge on any atom is -0.345 e. The van der Waals surface area contributed by atoms with Crippen molar-refractivity contribution < 1.29 is 4.79 Å². The molecule has 4 heteroatoms. The Labute approximate surface area is 122 Å². The minimum absolute atomic E-state index is 0.168. The summed E-state index contributed by atoms with van der Waals surface area (Å²) in [7, 11) is 1.80. The summed E-state index contributed by atoms with van der Waals surface area (Å²) in [5.74, 6) is 0.168. The Balaban J connectivity index is 1.65. The van der Waals surface area contributed by atoms with Gasteiger partial charge in [-0.2, -0.15) is 5.26 Å². The highest BCUT2D eigenvalue weighted by Crippen LogP contribution is 2.45. The van der Waals surface area contributed by atoms with E-state index in [1.165, 1.54) is 38.5 Å². The largest absolute Gasteiger partial charge is 0.345 e. The third-order valence-corrected chi connectivity index (χ3v) is 5.21. The van der Waals surface area contributed by atoms with Gasteiger partial charge in [0.1, 0.15) is 0 Å². The molecule has 1 saturated carbocycles. The third kappa shape index (κ3) is 3.96. The van der Waals surface area contributed by atoms with Crippen molar-refractivity contribution in [1.29, 1.82) is 5.26 Å². The van der Waals surface area contributed by atoms with E-state index in [4.69, 9.17) is 5.26 Å². The highest BCUT2D eigenvalue weighted by Gasteiger charge is 2.36. The van der Waals surface area contributed by atoms with Crippen LogP contribution in [-0.4, -0.2) is 48.9 Å². The Morgan fingerprint density at radius 1 is 1.25 bits per heavy atom. The lowest BCUT2D eigenvalue weighted by Gasteiger charge is -2.39. The third-order valence-electron chi connectivity index (χ3n) is 5.21. The monoisotopic (exact) mass is 277 g/mol. The fourth-order valence-electron chi connectivity index (χ4n) is 3.66. The molecular weight excluding hydrogens is 250 g/mol. The summed E-state index contributed by atoms with van der Waals surface area (Å²) in [6, 6.07) is 2.08. The second-order valence-electron chi connectivity index (χ2n) is 6.52. The smallest absolute Gasteiger partial charge is 0.223 e. The van der Waals surface area contributed by atoms with E-state index in [0.29, 0.717) is 24.8 Å². The molecule has 1 aliphatic carbocycles. The van der Waals surface area contributed by atoms with Gasteiger partial charge in [-0.1, -0.05) is 12.8 Å². The number of carbonyl (C=O) groups excluding carboxylic acids is 1. The average Bonchev–Trinajstić information content (AvgIpc) is 2.92. The molecule has 1 saturated heterocycles. The van der Waals surface area contributed by atoms with E-state index in [2.05, 4.69) is 11.0 Å². The van der Waals surface area contributed by atoms with Gasteiger partial charge in [-0.25, -0.2) is 0 Å². The molecule has 0 bridgehead atoms. The number of hydrogen-bond donors (Lipinski definition) is 0. The summed E-state index contributed by atoms with van der Waals surface area (Å²) in [6.07, 6.45) is 9.36. The van der Waals surface area contributed by atoms with E-state index in [-0.39, 0.29) is 5.91 Å². The van der Waals surface area contributed by atoms with Crippen molar-refractivity contribution in [2.45, 2.75) is 51.4 Å². The number of hydrogen-bond acceptors (Lipinski definition) is 3. The van der Waals surface area contributed by atoms with Crippen LogP contribution in [0.3, 0.4) is 0 Å². The Morgan fingerprint density at radius 2 is 1.90 bits per heavy atom. The van der Waals surface area contributed by atoms with Gasteiger partial charge in [0.25, 0.3) is 0 Å². The van der Waals surface area contributed by atoms with E-state index in [9.17, 15) is 4.79 Å². The van der Waals surface area contributed by atoms with Gasteiger partial charge in [0.2, 0.25) is 5.91 Å². The molecule has 2 fully saturated rings. The Bertz CT molecular complexity index is 358. The van der Waals surface area contributed by atoms with Crippen LogP contribution in [0.1, 0.15) is 51.4 Å². The second-order valence-corrected chi connectivity index (χ2v) is 6.52. The van der Waals surface area contributed by atoms with Gasteiger partial charge in [0, 0.05) is 26.6 Å². The molecule has 2 aliphatic rings. The first kappa shape index (κ1) is 15.3. The lowest BCUT2D eigenvalue weighted by Crippen LogP contribution is -2.40. The molecule has 0 radical (unpaired) electrons. The Hall–Kier alpha value is -1.08. The zero-order valence-corrected chi connectivity index (χ0v) is 12.7. The molecule has 0 aromatic rings. The van der Waals surface area contributed by atoms with Gasteiger partial charge in [0.15, 0.2) is 0 Å². The Morgan fingerprint density at radius 3 is 2.50 bits per heavy atom. The SMILES string of the molecule is CN(CCC#N)C(=O)CCN1CCC2(CCCC2)CC1. The van der Waals surface area contributed by atoms with Crippen LogP contribution < -0.4 is 0 Å². The summed E-state index contributed by atoms with van der Waals surface area (Å²) in [4.78, 5) is 16.1. The van der Waals surface area contributed by atoms with Crippen LogP contribution in [-0.2, 0) is 4.79 Å². The molecule has 1 heterocycles. The van der Waals surface area contributed by atoms with Crippen molar-refractivity contribution in [3.05, 3.63) is 0 Å². The number of carbonyl (C=O) groups is 1.